The third-order valence-electron chi connectivity index (χ3n) is 1.38. The molecule has 0 aromatic carbocycles. The fourth-order valence-corrected chi connectivity index (χ4v) is 1.60. The van der Waals surface area contributed by atoms with Crippen LogP contribution in [0.3, 0.4) is 0 Å². The Balaban J connectivity index is 2.45. The van der Waals surface area contributed by atoms with Gasteiger partial charge in [0.05, 0.1) is 5.69 Å². The van der Waals surface area contributed by atoms with E-state index in [1.807, 2.05) is 6.92 Å². The number of hydrogen-bond acceptors (Lipinski definition) is 4. The number of thioether (sulfide) groups is 1. The van der Waals surface area contributed by atoms with Crippen molar-refractivity contribution < 1.29 is 5.11 Å². The third-order valence-corrected chi connectivity index (χ3v) is 2.40. The summed E-state index contributed by atoms with van der Waals surface area (Å²) in [6.45, 7) is 2.48. The Hall–Kier alpha value is -0.680. The van der Waals surface area contributed by atoms with Crippen LogP contribution in [0.4, 0.5) is 0 Å². The summed E-state index contributed by atoms with van der Waals surface area (Å²) in [5.41, 5.74) is 6.11. The first-order valence-corrected chi connectivity index (χ1v) is 4.91. The average Bonchev–Trinajstić information content (AvgIpc) is 2.31. The van der Waals surface area contributed by atoms with Crippen LogP contribution in [0.1, 0.15) is 11.5 Å². The van der Waals surface area contributed by atoms with Crippen molar-refractivity contribution in [2.45, 2.75) is 12.7 Å². The number of nitrogens with two attached hydrogens (primary N) is 1. The molecule has 1 rings (SSSR count). The van der Waals surface area contributed by atoms with Gasteiger partial charge in [-0.25, -0.2) is 0 Å². The van der Waals surface area contributed by atoms with E-state index in [0.717, 1.165) is 23.0 Å². The van der Waals surface area contributed by atoms with E-state index >= 15 is 0 Å². The lowest BCUT2D eigenvalue weighted by Crippen LogP contribution is -2.01. The minimum Gasteiger partial charge on any atom is -0.492 e. The maximum Gasteiger partial charge on any atom is 0.233 e. The van der Waals surface area contributed by atoms with Crippen LogP contribution >= 0.6 is 11.8 Å². The molecule has 1 heterocycles. The van der Waals surface area contributed by atoms with E-state index < -0.39 is 0 Å². The van der Waals surface area contributed by atoms with Crippen LogP contribution in [0.5, 0.6) is 5.88 Å². The molecule has 68 valence electrons. The number of aromatic nitrogens is 2. The molecular weight excluding hydrogens is 174 g/mol. The van der Waals surface area contributed by atoms with Gasteiger partial charge in [0.25, 0.3) is 0 Å². The van der Waals surface area contributed by atoms with Crippen LogP contribution < -0.4 is 5.73 Å². The summed E-state index contributed by atoms with van der Waals surface area (Å²) in [4.78, 5) is 6.83. The Morgan fingerprint density at radius 2 is 2.42 bits per heavy atom. The van der Waals surface area contributed by atoms with Crippen molar-refractivity contribution in [2.75, 3.05) is 12.3 Å². The van der Waals surface area contributed by atoms with Gasteiger partial charge in [0.15, 0.2) is 0 Å². The Labute approximate surface area is 75.6 Å². The number of H-pyrrole nitrogens is 1. The zero-order valence-electron chi connectivity index (χ0n) is 7.00. The maximum absolute atomic E-state index is 9.24. The molecule has 1 aromatic rings. The van der Waals surface area contributed by atoms with Crippen molar-refractivity contribution in [3.05, 3.63) is 11.5 Å². The minimum absolute atomic E-state index is 0.108. The summed E-state index contributed by atoms with van der Waals surface area (Å²) < 4.78 is 0. The zero-order valence-corrected chi connectivity index (χ0v) is 7.82. The molecule has 0 atom stereocenters. The summed E-state index contributed by atoms with van der Waals surface area (Å²) in [7, 11) is 0. The van der Waals surface area contributed by atoms with Gasteiger partial charge in [0, 0.05) is 18.1 Å². The van der Waals surface area contributed by atoms with Crippen LogP contribution in [0.15, 0.2) is 0 Å². The Morgan fingerprint density at radius 3 is 2.92 bits per heavy atom. The molecule has 0 aliphatic carbocycles. The number of aromatic amines is 1. The van der Waals surface area contributed by atoms with E-state index in [-0.39, 0.29) is 5.88 Å². The lowest BCUT2D eigenvalue weighted by Gasteiger charge is -1.96. The monoisotopic (exact) mass is 187 g/mol. The fraction of sp³-hybridized carbons (Fsp3) is 0.571. The summed E-state index contributed by atoms with van der Waals surface area (Å²) in [6.07, 6.45) is 0. The predicted molar refractivity (Wildman–Crippen MR) is 50.2 cm³/mol. The topological polar surface area (TPSA) is 74.9 Å². The quantitative estimate of drug-likeness (QED) is 0.604. The normalized spacial score (nSPS) is 10.5. The standard InChI is InChI=1S/C7H13N3OS/c1-5-9-6(7(11)10-5)4-12-3-2-8/h11H,2-4,8H2,1H3,(H,9,10). The largest absolute Gasteiger partial charge is 0.492 e. The average molecular weight is 187 g/mol. The van der Waals surface area contributed by atoms with E-state index in [1.54, 1.807) is 11.8 Å². The van der Waals surface area contributed by atoms with Gasteiger partial charge in [-0.1, -0.05) is 0 Å². The molecular formula is C7H13N3OS. The van der Waals surface area contributed by atoms with Crippen LogP contribution in [0.25, 0.3) is 0 Å². The van der Waals surface area contributed by atoms with Gasteiger partial charge in [-0.2, -0.15) is 16.7 Å². The van der Waals surface area contributed by atoms with Crippen molar-refractivity contribution in [2.24, 2.45) is 5.73 Å². The molecule has 0 unspecified atom stereocenters. The van der Waals surface area contributed by atoms with Gasteiger partial charge in [-0.05, 0) is 6.92 Å². The number of aryl methyl sites for hydroxylation is 1. The van der Waals surface area contributed by atoms with Gasteiger partial charge in [0.1, 0.15) is 5.82 Å². The molecule has 0 saturated heterocycles. The van der Waals surface area contributed by atoms with Crippen LogP contribution in [0, 0.1) is 6.92 Å². The summed E-state index contributed by atoms with van der Waals surface area (Å²) in [5, 5.41) is 9.24. The lowest BCUT2D eigenvalue weighted by atomic mass is 10.5. The molecule has 0 aliphatic heterocycles. The van der Waals surface area contributed by atoms with Crippen LogP contribution in [-0.2, 0) is 5.75 Å². The van der Waals surface area contributed by atoms with E-state index in [4.69, 9.17) is 5.73 Å². The number of rotatable bonds is 4. The Morgan fingerprint density at radius 1 is 1.67 bits per heavy atom. The maximum atomic E-state index is 9.24. The molecule has 0 bridgehead atoms. The highest BCUT2D eigenvalue weighted by Crippen LogP contribution is 2.18. The highest BCUT2D eigenvalue weighted by Gasteiger charge is 2.05. The van der Waals surface area contributed by atoms with E-state index in [2.05, 4.69) is 9.97 Å². The van der Waals surface area contributed by atoms with Gasteiger partial charge >= 0.3 is 0 Å². The second-order valence-electron chi connectivity index (χ2n) is 2.47. The zero-order chi connectivity index (χ0) is 8.97. The second-order valence-corrected chi connectivity index (χ2v) is 3.57. The first kappa shape index (κ1) is 9.41. The van der Waals surface area contributed by atoms with Crippen molar-refractivity contribution in [3.63, 3.8) is 0 Å². The van der Waals surface area contributed by atoms with Crippen molar-refractivity contribution in [3.8, 4) is 5.88 Å². The molecule has 5 heteroatoms. The molecule has 0 amide bonds. The fourth-order valence-electron chi connectivity index (χ4n) is 0.887. The number of nitrogens with one attached hydrogen (secondary N) is 1. The number of imidazole rings is 1. The SMILES string of the molecule is Cc1nc(O)c(CSCCN)[nH]1. The van der Waals surface area contributed by atoms with Crippen molar-refractivity contribution >= 4 is 11.8 Å². The van der Waals surface area contributed by atoms with Crippen LogP contribution in [-0.4, -0.2) is 27.4 Å². The molecule has 0 spiro atoms. The molecule has 0 aliphatic rings. The third kappa shape index (κ3) is 2.42. The van der Waals surface area contributed by atoms with E-state index in [0.29, 0.717) is 6.54 Å². The van der Waals surface area contributed by atoms with Gasteiger partial charge < -0.3 is 15.8 Å². The molecule has 1 aromatic heterocycles. The minimum atomic E-state index is 0.108. The molecule has 4 nitrogen and oxygen atoms in total. The number of hydrogen-bond donors (Lipinski definition) is 3. The van der Waals surface area contributed by atoms with Crippen molar-refractivity contribution in [1.82, 2.24) is 9.97 Å². The Kier molecular flexibility index (Phi) is 3.43. The lowest BCUT2D eigenvalue weighted by molar-refractivity contribution is 0.451. The molecule has 12 heavy (non-hydrogen) atoms. The molecule has 0 saturated carbocycles. The molecule has 4 N–H and O–H groups in total. The summed E-state index contributed by atoms with van der Waals surface area (Å²) >= 11 is 1.68. The van der Waals surface area contributed by atoms with Gasteiger partial charge in [0.2, 0.25) is 5.88 Å². The van der Waals surface area contributed by atoms with Gasteiger partial charge in [-0.15, -0.1) is 0 Å². The predicted octanol–water partition coefficient (Wildman–Crippen LogP) is 0.616. The summed E-state index contributed by atoms with van der Waals surface area (Å²) in [6, 6.07) is 0. The van der Waals surface area contributed by atoms with E-state index in [9.17, 15) is 5.11 Å². The van der Waals surface area contributed by atoms with Gasteiger partial charge in [-0.3, -0.25) is 0 Å². The molecule has 0 fully saturated rings. The highest BCUT2D eigenvalue weighted by atomic mass is 32.2. The number of nitrogens with zero attached hydrogens (tertiary/aromatic N) is 1. The Bertz CT molecular complexity index is 249. The van der Waals surface area contributed by atoms with E-state index in [1.165, 1.54) is 0 Å². The summed E-state index contributed by atoms with van der Waals surface area (Å²) in [5.74, 6) is 2.49. The second kappa shape index (κ2) is 4.37. The molecule has 0 radical (unpaired) electrons. The highest BCUT2D eigenvalue weighted by molar-refractivity contribution is 7.98. The van der Waals surface area contributed by atoms with Crippen LogP contribution in [0.2, 0.25) is 0 Å². The van der Waals surface area contributed by atoms with Crippen molar-refractivity contribution in [1.29, 1.82) is 0 Å². The first-order chi connectivity index (χ1) is 5.74. The smallest absolute Gasteiger partial charge is 0.233 e. The first-order valence-electron chi connectivity index (χ1n) is 3.76. The number of aromatic hydroxyl groups is 1.